The van der Waals surface area contributed by atoms with Gasteiger partial charge in [0.15, 0.2) is 12.2 Å². The fraction of sp³-hybridized carbons (Fsp3) is 0.600. The Balaban J connectivity index is 0.000000359. The molecule has 0 amide bonds. The zero-order chi connectivity index (χ0) is 22.2. The van der Waals surface area contributed by atoms with E-state index in [1.54, 1.807) is 7.11 Å². The topological polar surface area (TPSA) is 148 Å². The van der Waals surface area contributed by atoms with Gasteiger partial charge in [-0.1, -0.05) is 25.0 Å². The number of carbonyl (C=O) groups is 2. The van der Waals surface area contributed by atoms with Crippen molar-refractivity contribution >= 4 is 11.9 Å². The quantitative estimate of drug-likeness (QED) is 0.431. The molecule has 2 rings (SSSR count). The number of nitrogens with zero attached hydrogens (tertiary/aromatic N) is 1. The molecule has 0 aromatic heterocycles. The SMILES string of the molecule is COc1cccc([C@@]2(O)CCCC[C@@H]2CN(C)C)c1.O=C(O)[C@H](O)[C@@H](O)C(=O)O. The van der Waals surface area contributed by atoms with E-state index in [1.165, 1.54) is 6.42 Å². The molecule has 164 valence electrons. The summed E-state index contributed by atoms with van der Waals surface area (Å²) in [4.78, 5) is 21.7. The first-order valence-electron chi connectivity index (χ1n) is 9.36. The first kappa shape index (κ1) is 24.8. The predicted molar refractivity (Wildman–Crippen MR) is 105 cm³/mol. The van der Waals surface area contributed by atoms with E-state index in [2.05, 4.69) is 19.0 Å². The Hall–Kier alpha value is -2.20. The van der Waals surface area contributed by atoms with Crippen LogP contribution in [0, 0.1) is 5.92 Å². The molecule has 1 aliphatic carbocycles. The largest absolute Gasteiger partial charge is 0.497 e. The minimum absolute atomic E-state index is 0.295. The highest BCUT2D eigenvalue weighted by Gasteiger charge is 2.40. The van der Waals surface area contributed by atoms with Gasteiger partial charge < -0.3 is 35.2 Å². The summed E-state index contributed by atoms with van der Waals surface area (Å²) in [5.74, 6) is -2.42. The first-order valence-corrected chi connectivity index (χ1v) is 9.36. The molecular formula is C20H31NO8. The number of aliphatic carboxylic acids is 2. The fourth-order valence-electron chi connectivity index (χ4n) is 3.45. The van der Waals surface area contributed by atoms with Gasteiger partial charge in [0.25, 0.3) is 0 Å². The predicted octanol–water partition coefficient (Wildman–Crippen LogP) is 0.512. The number of aliphatic hydroxyl groups is 3. The molecule has 1 aromatic rings. The smallest absolute Gasteiger partial charge is 0.335 e. The van der Waals surface area contributed by atoms with Crippen LogP contribution in [0.1, 0.15) is 31.2 Å². The van der Waals surface area contributed by atoms with Crippen LogP contribution in [0.3, 0.4) is 0 Å². The van der Waals surface area contributed by atoms with E-state index in [4.69, 9.17) is 25.2 Å². The van der Waals surface area contributed by atoms with Crippen LogP contribution in [0.2, 0.25) is 0 Å². The van der Waals surface area contributed by atoms with Gasteiger partial charge in [-0.25, -0.2) is 9.59 Å². The van der Waals surface area contributed by atoms with Crippen LogP contribution in [-0.2, 0) is 15.2 Å². The Kier molecular flexibility index (Phi) is 9.51. The van der Waals surface area contributed by atoms with Crippen LogP contribution < -0.4 is 4.74 Å². The lowest BCUT2D eigenvalue weighted by atomic mass is 9.71. The highest BCUT2D eigenvalue weighted by Crippen LogP contribution is 2.42. The first-order chi connectivity index (χ1) is 13.5. The molecule has 4 atom stereocenters. The van der Waals surface area contributed by atoms with Crippen LogP contribution in [0.4, 0.5) is 0 Å². The van der Waals surface area contributed by atoms with Gasteiger partial charge in [0, 0.05) is 12.5 Å². The van der Waals surface area contributed by atoms with Crippen molar-refractivity contribution in [2.45, 2.75) is 43.5 Å². The van der Waals surface area contributed by atoms with Gasteiger partial charge in [0.1, 0.15) is 5.75 Å². The Bertz CT molecular complexity index is 662. The second kappa shape index (κ2) is 11.1. The summed E-state index contributed by atoms with van der Waals surface area (Å²) < 4.78 is 5.29. The zero-order valence-electron chi connectivity index (χ0n) is 17.0. The van der Waals surface area contributed by atoms with E-state index in [-0.39, 0.29) is 0 Å². The Labute approximate surface area is 170 Å². The number of hydrogen-bond donors (Lipinski definition) is 5. The average Bonchev–Trinajstić information content (AvgIpc) is 2.68. The van der Waals surface area contributed by atoms with Gasteiger partial charge in [-0.3, -0.25) is 0 Å². The molecule has 9 heteroatoms. The number of rotatable bonds is 7. The third-order valence-electron chi connectivity index (χ3n) is 5.00. The molecule has 1 fully saturated rings. The molecule has 1 aliphatic rings. The van der Waals surface area contributed by atoms with Crippen molar-refractivity contribution in [3.05, 3.63) is 29.8 Å². The van der Waals surface area contributed by atoms with Gasteiger partial charge in [-0.2, -0.15) is 0 Å². The molecule has 0 unspecified atom stereocenters. The number of carboxylic acids is 2. The molecule has 0 bridgehead atoms. The van der Waals surface area contributed by atoms with Crippen molar-refractivity contribution in [3.63, 3.8) is 0 Å². The third-order valence-corrected chi connectivity index (χ3v) is 5.00. The molecule has 0 saturated heterocycles. The summed E-state index contributed by atoms with van der Waals surface area (Å²) >= 11 is 0. The second-order valence-electron chi connectivity index (χ2n) is 7.43. The number of hydrogen-bond acceptors (Lipinski definition) is 7. The highest BCUT2D eigenvalue weighted by atomic mass is 16.5. The molecule has 1 aromatic carbocycles. The minimum atomic E-state index is -2.27. The van der Waals surface area contributed by atoms with Gasteiger partial charge in [0.05, 0.1) is 12.7 Å². The molecule has 0 radical (unpaired) electrons. The average molecular weight is 413 g/mol. The van der Waals surface area contributed by atoms with Crippen molar-refractivity contribution in [2.24, 2.45) is 5.92 Å². The monoisotopic (exact) mass is 413 g/mol. The fourth-order valence-corrected chi connectivity index (χ4v) is 3.45. The van der Waals surface area contributed by atoms with E-state index in [9.17, 15) is 14.7 Å². The van der Waals surface area contributed by atoms with Crippen molar-refractivity contribution in [1.29, 1.82) is 0 Å². The molecule has 1 saturated carbocycles. The molecule has 5 N–H and O–H groups in total. The summed E-state index contributed by atoms with van der Waals surface area (Å²) in [7, 11) is 5.81. The van der Waals surface area contributed by atoms with Crippen LogP contribution >= 0.6 is 0 Å². The van der Waals surface area contributed by atoms with E-state index < -0.39 is 29.7 Å². The maximum Gasteiger partial charge on any atom is 0.335 e. The molecule has 9 nitrogen and oxygen atoms in total. The second-order valence-corrected chi connectivity index (χ2v) is 7.43. The summed E-state index contributed by atoms with van der Waals surface area (Å²) in [5.41, 5.74) is 0.287. The number of aliphatic hydroxyl groups excluding tert-OH is 2. The van der Waals surface area contributed by atoms with Crippen LogP contribution in [0.25, 0.3) is 0 Å². The summed E-state index contributed by atoms with van der Waals surface area (Å²) in [6, 6.07) is 7.90. The lowest BCUT2D eigenvalue weighted by molar-refractivity contribution is -0.165. The third kappa shape index (κ3) is 6.97. The number of ether oxygens (including phenoxy) is 1. The Morgan fingerprint density at radius 3 is 2.24 bits per heavy atom. The Morgan fingerprint density at radius 1 is 1.17 bits per heavy atom. The van der Waals surface area contributed by atoms with E-state index >= 15 is 0 Å². The van der Waals surface area contributed by atoms with Gasteiger partial charge in [-0.15, -0.1) is 0 Å². The normalized spacial score (nSPS) is 23.5. The van der Waals surface area contributed by atoms with Crippen molar-refractivity contribution in [3.8, 4) is 5.75 Å². The van der Waals surface area contributed by atoms with Crippen LogP contribution in [0.5, 0.6) is 5.75 Å². The van der Waals surface area contributed by atoms with Crippen LogP contribution in [0.15, 0.2) is 24.3 Å². The maximum absolute atomic E-state index is 11.2. The molecule has 0 heterocycles. The summed E-state index contributed by atoms with van der Waals surface area (Å²) in [6.45, 7) is 0.924. The summed E-state index contributed by atoms with van der Waals surface area (Å²) in [5, 5.41) is 43.7. The molecule has 29 heavy (non-hydrogen) atoms. The van der Waals surface area contributed by atoms with E-state index in [0.29, 0.717) is 5.92 Å². The molecular weight excluding hydrogens is 382 g/mol. The van der Waals surface area contributed by atoms with Gasteiger partial charge >= 0.3 is 11.9 Å². The van der Waals surface area contributed by atoms with Crippen molar-refractivity contribution < 1.29 is 39.9 Å². The summed E-state index contributed by atoms with van der Waals surface area (Å²) in [6.07, 6.45) is -0.289. The maximum atomic E-state index is 11.2. The minimum Gasteiger partial charge on any atom is -0.497 e. The van der Waals surface area contributed by atoms with Crippen molar-refractivity contribution in [1.82, 2.24) is 4.90 Å². The highest BCUT2D eigenvalue weighted by molar-refractivity contribution is 5.83. The van der Waals surface area contributed by atoms with Gasteiger partial charge in [-0.05, 0) is 44.6 Å². The standard InChI is InChI=1S/C16H25NO2.C4H6O6/c1-17(2)12-14-7-4-5-10-16(14,18)13-8-6-9-15(11-13)19-3;5-1(3(7)8)2(6)4(9)10/h6,8-9,11,14,18H,4-5,7,10,12H2,1-3H3;1-2,5-6H,(H,7,8)(H,9,10)/t14-,16+;1-,2-/m11/s1. The lowest BCUT2D eigenvalue weighted by Gasteiger charge is -2.41. The van der Waals surface area contributed by atoms with Crippen molar-refractivity contribution in [2.75, 3.05) is 27.7 Å². The van der Waals surface area contributed by atoms with Gasteiger partial charge in [0.2, 0.25) is 0 Å². The molecule has 0 spiro atoms. The van der Waals surface area contributed by atoms with E-state index in [0.717, 1.165) is 37.1 Å². The van der Waals surface area contributed by atoms with E-state index in [1.807, 2.05) is 24.3 Å². The zero-order valence-corrected chi connectivity index (χ0v) is 17.0. The molecule has 0 aliphatic heterocycles. The number of benzene rings is 1. The number of carboxylic acid groups (broad SMARTS) is 2. The number of methoxy groups -OCH3 is 1. The lowest BCUT2D eigenvalue weighted by Crippen LogP contribution is -2.43. The van der Waals surface area contributed by atoms with Crippen LogP contribution in [-0.4, -0.2) is 82.3 Å². The Morgan fingerprint density at radius 2 is 1.76 bits per heavy atom.